The second kappa shape index (κ2) is 5.21. The van der Waals surface area contributed by atoms with Crippen molar-refractivity contribution in [1.29, 1.82) is 0 Å². The number of alkyl halides is 1. The smallest absolute Gasteiger partial charge is 0.220 e. The molecule has 2 nitrogen and oxygen atoms in total. The van der Waals surface area contributed by atoms with E-state index >= 15 is 0 Å². The Hall–Kier alpha value is -0.600. The third-order valence-electron chi connectivity index (χ3n) is 1.50. The van der Waals surface area contributed by atoms with Crippen LogP contribution < -0.4 is 5.73 Å². The Morgan fingerprint density at radius 3 is 2.50 bits per heavy atom. The highest BCUT2D eigenvalue weighted by Crippen LogP contribution is 2.09. The highest BCUT2D eigenvalue weighted by atomic mass is 19.1. The molecule has 0 fully saturated rings. The Bertz CT molecular complexity index is 99.8. The molecule has 10 heavy (non-hydrogen) atoms. The largest absolute Gasteiger partial charge is 0.369 e. The zero-order valence-corrected chi connectivity index (χ0v) is 6.27. The first-order valence-corrected chi connectivity index (χ1v) is 3.57. The fraction of sp³-hybridized carbons (Fsp3) is 0.857. The van der Waals surface area contributed by atoms with Crippen molar-refractivity contribution in [3.63, 3.8) is 0 Å². The minimum Gasteiger partial charge on any atom is -0.369 e. The molecule has 3 heteroatoms. The van der Waals surface area contributed by atoms with Crippen LogP contribution in [0.1, 0.15) is 26.2 Å². The molecule has 0 aliphatic rings. The molecule has 1 unspecified atom stereocenters. The average molecular weight is 147 g/mol. The number of nitrogens with two attached hydrogens (primary N) is 1. The van der Waals surface area contributed by atoms with E-state index in [0.29, 0.717) is 6.42 Å². The van der Waals surface area contributed by atoms with E-state index in [-0.39, 0.29) is 18.2 Å². The van der Waals surface area contributed by atoms with Gasteiger partial charge in [0.1, 0.15) is 0 Å². The van der Waals surface area contributed by atoms with Crippen LogP contribution in [0, 0.1) is 5.92 Å². The first-order chi connectivity index (χ1) is 4.72. The van der Waals surface area contributed by atoms with Crippen LogP contribution in [0.3, 0.4) is 0 Å². The van der Waals surface area contributed by atoms with Crippen molar-refractivity contribution in [3.05, 3.63) is 0 Å². The molecular formula is C7H14FNO. The van der Waals surface area contributed by atoms with Gasteiger partial charge in [0.2, 0.25) is 5.91 Å². The van der Waals surface area contributed by atoms with Crippen LogP contribution in [0.4, 0.5) is 4.39 Å². The standard InChI is InChI=1S/C7H14FNO/c1-2-3-6(4-5-8)7(9)10/h6H,2-5H2,1H3,(H2,9,10). The lowest BCUT2D eigenvalue weighted by Crippen LogP contribution is -2.23. The normalized spacial score (nSPS) is 13.0. The predicted octanol–water partition coefficient (Wildman–Crippen LogP) is 1.25. The maximum absolute atomic E-state index is 11.7. The summed E-state index contributed by atoms with van der Waals surface area (Å²) in [6.45, 7) is 1.50. The van der Waals surface area contributed by atoms with Gasteiger partial charge >= 0.3 is 0 Å². The molecule has 0 saturated heterocycles. The highest BCUT2D eigenvalue weighted by Gasteiger charge is 2.12. The van der Waals surface area contributed by atoms with E-state index in [9.17, 15) is 9.18 Å². The minimum absolute atomic E-state index is 0.255. The second-order valence-corrected chi connectivity index (χ2v) is 2.37. The van der Waals surface area contributed by atoms with Gasteiger partial charge in [-0.25, -0.2) is 0 Å². The topological polar surface area (TPSA) is 43.1 Å². The van der Waals surface area contributed by atoms with E-state index in [1.807, 2.05) is 6.92 Å². The van der Waals surface area contributed by atoms with Gasteiger partial charge in [0.05, 0.1) is 6.67 Å². The fourth-order valence-electron chi connectivity index (χ4n) is 0.909. The third-order valence-corrected chi connectivity index (χ3v) is 1.50. The second-order valence-electron chi connectivity index (χ2n) is 2.37. The van der Waals surface area contributed by atoms with Crippen molar-refractivity contribution in [2.75, 3.05) is 6.67 Å². The van der Waals surface area contributed by atoms with Gasteiger partial charge in [-0.15, -0.1) is 0 Å². The first kappa shape index (κ1) is 9.40. The molecule has 0 aromatic rings. The maximum Gasteiger partial charge on any atom is 0.220 e. The molecule has 0 heterocycles. The van der Waals surface area contributed by atoms with E-state index in [0.717, 1.165) is 6.42 Å². The lowest BCUT2D eigenvalue weighted by Gasteiger charge is -2.07. The van der Waals surface area contributed by atoms with Gasteiger partial charge in [0.15, 0.2) is 0 Å². The van der Waals surface area contributed by atoms with Gasteiger partial charge in [-0.3, -0.25) is 9.18 Å². The van der Waals surface area contributed by atoms with Gasteiger partial charge in [0, 0.05) is 5.92 Å². The Kier molecular flexibility index (Phi) is 4.89. The number of hydrogen-bond acceptors (Lipinski definition) is 1. The number of amides is 1. The van der Waals surface area contributed by atoms with Crippen LogP contribution in [0.25, 0.3) is 0 Å². The summed E-state index contributed by atoms with van der Waals surface area (Å²) >= 11 is 0. The molecule has 0 bridgehead atoms. The molecule has 1 amide bonds. The van der Waals surface area contributed by atoms with Crippen molar-refractivity contribution >= 4 is 5.91 Å². The predicted molar refractivity (Wildman–Crippen MR) is 38.2 cm³/mol. The molecule has 0 spiro atoms. The number of primary amides is 1. The van der Waals surface area contributed by atoms with Crippen molar-refractivity contribution in [1.82, 2.24) is 0 Å². The Morgan fingerprint density at radius 1 is 1.60 bits per heavy atom. The number of carbonyl (C=O) groups is 1. The van der Waals surface area contributed by atoms with Crippen molar-refractivity contribution in [3.8, 4) is 0 Å². The molecule has 1 atom stereocenters. The number of carbonyl (C=O) groups excluding carboxylic acids is 1. The van der Waals surface area contributed by atoms with E-state index in [1.165, 1.54) is 0 Å². The summed E-state index contributed by atoms with van der Waals surface area (Å²) < 4.78 is 11.7. The van der Waals surface area contributed by atoms with E-state index in [4.69, 9.17) is 5.73 Å². The SMILES string of the molecule is CCCC(CCF)C(N)=O. The minimum atomic E-state index is -0.451. The van der Waals surface area contributed by atoms with Crippen molar-refractivity contribution in [2.45, 2.75) is 26.2 Å². The van der Waals surface area contributed by atoms with E-state index in [2.05, 4.69) is 0 Å². The van der Waals surface area contributed by atoms with Gasteiger partial charge in [-0.2, -0.15) is 0 Å². The summed E-state index contributed by atoms with van der Waals surface area (Å²) in [6.07, 6.45) is 1.87. The average Bonchev–Trinajstić information content (AvgIpc) is 1.87. The molecule has 0 aliphatic heterocycles. The molecule has 60 valence electrons. The number of hydrogen-bond donors (Lipinski definition) is 1. The van der Waals surface area contributed by atoms with E-state index in [1.54, 1.807) is 0 Å². The van der Waals surface area contributed by atoms with Crippen LogP contribution in [0.2, 0.25) is 0 Å². The molecule has 0 aromatic carbocycles. The Morgan fingerprint density at radius 2 is 2.20 bits per heavy atom. The van der Waals surface area contributed by atoms with Gasteiger partial charge < -0.3 is 5.73 Å². The molecule has 0 rings (SSSR count). The quantitative estimate of drug-likeness (QED) is 0.624. The van der Waals surface area contributed by atoms with Crippen LogP contribution in [0.5, 0.6) is 0 Å². The maximum atomic E-state index is 11.7. The first-order valence-electron chi connectivity index (χ1n) is 3.57. The summed E-state index contributed by atoms with van der Waals surface area (Å²) in [7, 11) is 0. The van der Waals surface area contributed by atoms with Gasteiger partial charge in [-0.05, 0) is 12.8 Å². The Balaban J connectivity index is 3.61. The van der Waals surface area contributed by atoms with Crippen molar-refractivity contribution < 1.29 is 9.18 Å². The van der Waals surface area contributed by atoms with Crippen LogP contribution >= 0.6 is 0 Å². The lowest BCUT2D eigenvalue weighted by atomic mass is 10.0. The molecule has 2 N–H and O–H groups in total. The molecule has 0 saturated carbocycles. The van der Waals surface area contributed by atoms with Gasteiger partial charge in [-0.1, -0.05) is 13.3 Å². The van der Waals surface area contributed by atoms with Gasteiger partial charge in [0.25, 0.3) is 0 Å². The van der Waals surface area contributed by atoms with E-state index < -0.39 is 6.67 Å². The summed E-state index contributed by atoms with van der Waals surface area (Å²) in [4.78, 5) is 10.5. The van der Waals surface area contributed by atoms with Crippen molar-refractivity contribution in [2.24, 2.45) is 11.7 Å². The molecule has 0 aromatic heterocycles. The molecule has 0 aliphatic carbocycles. The summed E-state index contributed by atoms with van der Waals surface area (Å²) in [6, 6.07) is 0. The summed E-state index contributed by atoms with van der Waals surface area (Å²) in [5.74, 6) is -0.630. The molecule has 0 radical (unpaired) electrons. The number of rotatable bonds is 5. The Labute approximate surface area is 60.6 Å². The fourth-order valence-corrected chi connectivity index (χ4v) is 0.909. The number of halogens is 1. The molecular weight excluding hydrogens is 133 g/mol. The lowest BCUT2D eigenvalue weighted by molar-refractivity contribution is -0.122. The van der Waals surface area contributed by atoms with Crippen LogP contribution in [0.15, 0.2) is 0 Å². The third kappa shape index (κ3) is 3.43. The van der Waals surface area contributed by atoms with Crippen LogP contribution in [-0.2, 0) is 4.79 Å². The zero-order chi connectivity index (χ0) is 7.98. The zero-order valence-electron chi connectivity index (χ0n) is 6.27. The highest BCUT2D eigenvalue weighted by molar-refractivity contribution is 5.76. The summed E-state index contributed by atoms with van der Waals surface area (Å²) in [5, 5.41) is 0. The van der Waals surface area contributed by atoms with Crippen LogP contribution in [-0.4, -0.2) is 12.6 Å². The summed E-state index contributed by atoms with van der Waals surface area (Å²) in [5.41, 5.74) is 5.00. The monoisotopic (exact) mass is 147 g/mol.